The Morgan fingerprint density at radius 1 is 1.11 bits per heavy atom. The third kappa shape index (κ3) is 2.99. The third-order valence-corrected chi connectivity index (χ3v) is 5.00. The van der Waals surface area contributed by atoms with E-state index in [1.165, 1.54) is 0 Å². The monoisotopic (exact) mass is 363 g/mol. The molecule has 0 N–H and O–H groups in total. The van der Waals surface area contributed by atoms with E-state index in [-0.39, 0.29) is 30.8 Å². The van der Waals surface area contributed by atoms with Crippen molar-refractivity contribution in [1.29, 1.82) is 0 Å². The molecule has 1 amide bonds. The Balaban J connectivity index is 1.82. The number of anilines is 1. The number of hydrogen-bond donors (Lipinski definition) is 0. The Labute approximate surface area is 158 Å². The number of rotatable bonds is 4. The number of benzene rings is 2. The highest BCUT2D eigenvalue weighted by Crippen LogP contribution is 2.44. The number of aryl methyl sites for hydroxylation is 1. The molecule has 0 aliphatic carbocycles. The van der Waals surface area contributed by atoms with Crippen LogP contribution < -0.4 is 9.64 Å². The SMILES string of the molecule is CCOc1ccccc1[C@H]1CC(=O)N(c2ccc(C)cc2)C2=C1C(=O)OC2. The first-order chi connectivity index (χ1) is 13.1. The van der Waals surface area contributed by atoms with E-state index in [9.17, 15) is 9.59 Å². The predicted molar refractivity (Wildman–Crippen MR) is 102 cm³/mol. The first-order valence-electron chi connectivity index (χ1n) is 9.11. The molecule has 0 saturated heterocycles. The third-order valence-electron chi connectivity index (χ3n) is 5.00. The summed E-state index contributed by atoms with van der Waals surface area (Å²) in [5.74, 6) is -0.0572. The molecule has 0 bridgehead atoms. The van der Waals surface area contributed by atoms with Crippen LogP contribution >= 0.6 is 0 Å². The van der Waals surface area contributed by atoms with Crippen molar-refractivity contribution in [3.8, 4) is 5.75 Å². The molecule has 138 valence electrons. The molecule has 0 unspecified atom stereocenters. The summed E-state index contributed by atoms with van der Waals surface area (Å²) in [6, 6.07) is 15.3. The van der Waals surface area contributed by atoms with Gasteiger partial charge in [-0.15, -0.1) is 0 Å². The summed E-state index contributed by atoms with van der Waals surface area (Å²) in [6.07, 6.45) is 0.200. The van der Waals surface area contributed by atoms with Gasteiger partial charge in [-0.25, -0.2) is 4.79 Å². The lowest BCUT2D eigenvalue weighted by Crippen LogP contribution is -2.37. The molecule has 0 aromatic heterocycles. The van der Waals surface area contributed by atoms with Crippen LogP contribution in [0.3, 0.4) is 0 Å². The summed E-state index contributed by atoms with van der Waals surface area (Å²) in [7, 11) is 0. The molecular formula is C22H21NO4. The molecule has 2 aliphatic heterocycles. The van der Waals surface area contributed by atoms with E-state index >= 15 is 0 Å². The number of nitrogens with zero attached hydrogens (tertiary/aromatic N) is 1. The highest BCUT2D eigenvalue weighted by molar-refractivity contribution is 6.06. The van der Waals surface area contributed by atoms with Crippen molar-refractivity contribution in [2.24, 2.45) is 0 Å². The number of hydrogen-bond acceptors (Lipinski definition) is 4. The van der Waals surface area contributed by atoms with Crippen LogP contribution in [-0.4, -0.2) is 25.1 Å². The van der Waals surface area contributed by atoms with E-state index in [1.807, 2.05) is 62.4 Å². The van der Waals surface area contributed by atoms with Crippen molar-refractivity contribution in [2.75, 3.05) is 18.1 Å². The molecule has 2 aromatic rings. The van der Waals surface area contributed by atoms with Crippen LogP contribution in [0.15, 0.2) is 59.8 Å². The van der Waals surface area contributed by atoms with Crippen LogP contribution in [0.5, 0.6) is 5.75 Å². The molecule has 4 rings (SSSR count). The maximum absolute atomic E-state index is 13.1. The minimum atomic E-state index is -0.356. The zero-order valence-corrected chi connectivity index (χ0v) is 15.4. The van der Waals surface area contributed by atoms with Gasteiger partial charge in [0.2, 0.25) is 5.91 Å². The number of cyclic esters (lactones) is 1. The Morgan fingerprint density at radius 2 is 1.85 bits per heavy atom. The lowest BCUT2D eigenvalue weighted by Gasteiger charge is -2.32. The van der Waals surface area contributed by atoms with Gasteiger partial charge in [0, 0.05) is 23.6 Å². The summed E-state index contributed by atoms with van der Waals surface area (Å²) in [6.45, 7) is 4.54. The number of carbonyl (C=O) groups is 2. The van der Waals surface area contributed by atoms with Crippen LogP contribution in [-0.2, 0) is 14.3 Å². The zero-order chi connectivity index (χ0) is 19.0. The quantitative estimate of drug-likeness (QED) is 0.777. The van der Waals surface area contributed by atoms with Crippen LogP contribution in [0.25, 0.3) is 0 Å². The van der Waals surface area contributed by atoms with E-state index in [0.29, 0.717) is 23.6 Å². The average molecular weight is 363 g/mol. The second-order valence-corrected chi connectivity index (χ2v) is 6.73. The van der Waals surface area contributed by atoms with E-state index in [2.05, 4.69) is 0 Å². The molecule has 2 heterocycles. The highest BCUT2D eigenvalue weighted by atomic mass is 16.5. The van der Waals surface area contributed by atoms with E-state index in [1.54, 1.807) is 4.90 Å². The van der Waals surface area contributed by atoms with Gasteiger partial charge in [-0.1, -0.05) is 35.9 Å². The first-order valence-corrected chi connectivity index (χ1v) is 9.11. The molecule has 2 aliphatic rings. The fraction of sp³-hybridized carbons (Fsp3) is 0.273. The summed E-state index contributed by atoms with van der Waals surface area (Å²) < 4.78 is 11.1. The molecule has 0 fully saturated rings. The van der Waals surface area contributed by atoms with Crippen LogP contribution in [0.1, 0.15) is 30.4 Å². The lowest BCUT2D eigenvalue weighted by molar-refractivity contribution is -0.136. The number of ether oxygens (including phenoxy) is 2. The van der Waals surface area contributed by atoms with Crippen molar-refractivity contribution in [1.82, 2.24) is 0 Å². The molecule has 5 heteroatoms. The van der Waals surface area contributed by atoms with Gasteiger partial charge in [0.15, 0.2) is 0 Å². The molecule has 0 spiro atoms. The summed E-state index contributed by atoms with van der Waals surface area (Å²) in [5, 5.41) is 0. The molecule has 5 nitrogen and oxygen atoms in total. The Morgan fingerprint density at radius 3 is 2.59 bits per heavy atom. The molecule has 0 radical (unpaired) electrons. The number of carbonyl (C=O) groups excluding carboxylic acids is 2. The molecule has 2 aromatic carbocycles. The minimum Gasteiger partial charge on any atom is -0.494 e. The second-order valence-electron chi connectivity index (χ2n) is 6.73. The summed E-state index contributed by atoms with van der Waals surface area (Å²) >= 11 is 0. The van der Waals surface area contributed by atoms with Crippen LogP contribution in [0.4, 0.5) is 5.69 Å². The highest BCUT2D eigenvalue weighted by Gasteiger charge is 2.43. The van der Waals surface area contributed by atoms with E-state index in [0.717, 1.165) is 16.8 Å². The van der Waals surface area contributed by atoms with Crippen molar-refractivity contribution in [2.45, 2.75) is 26.2 Å². The average Bonchev–Trinajstić information content (AvgIpc) is 3.05. The van der Waals surface area contributed by atoms with Crippen LogP contribution in [0, 0.1) is 6.92 Å². The summed E-state index contributed by atoms with van der Waals surface area (Å²) in [4.78, 5) is 27.2. The molecule has 1 atom stereocenters. The van der Waals surface area contributed by atoms with Crippen molar-refractivity contribution in [3.05, 3.63) is 70.9 Å². The Bertz CT molecular complexity index is 930. The van der Waals surface area contributed by atoms with Gasteiger partial charge in [-0.2, -0.15) is 0 Å². The van der Waals surface area contributed by atoms with Gasteiger partial charge >= 0.3 is 5.97 Å². The molecular weight excluding hydrogens is 342 g/mol. The van der Waals surface area contributed by atoms with E-state index in [4.69, 9.17) is 9.47 Å². The fourth-order valence-corrected chi connectivity index (χ4v) is 3.77. The Hall–Kier alpha value is -3.08. The molecule has 0 saturated carbocycles. The predicted octanol–water partition coefficient (Wildman–Crippen LogP) is 3.73. The van der Waals surface area contributed by atoms with Crippen molar-refractivity contribution in [3.63, 3.8) is 0 Å². The van der Waals surface area contributed by atoms with E-state index < -0.39 is 0 Å². The van der Waals surface area contributed by atoms with Gasteiger partial charge in [0.05, 0.1) is 17.9 Å². The van der Waals surface area contributed by atoms with Gasteiger partial charge in [0.1, 0.15) is 12.4 Å². The fourth-order valence-electron chi connectivity index (χ4n) is 3.77. The van der Waals surface area contributed by atoms with Crippen molar-refractivity contribution >= 4 is 17.6 Å². The lowest BCUT2D eigenvalue weighted by atomic mass is 9.83. The summed E-state index contributed by atoms with van der Waals surface area (Å²) in [5.41, 5.74) is 3.91. The normalized spacial score (nSPS) is 19.2. The maximum atomic E-state index is 13.1. The Kier molecular flexibility index (Phi) is 4.44. The number of esters is 1. The van der Waals surface area contributed by atoms with Gasteiger partial charge < -0.3 is 9.47 Å². The number of amides is 1. The van der Waals surface area contributed by atoms with Gasteiger partial charge in [-0.05, 0) is 32.0 Å². The molecule has 27 heavy (non-hydrogen) atoms. The topological polar surface area (TPSA) is 55.8 Å². The standard InChI is InChI=1S/C22H21NO4/c1-3-26-19-7-5-4-6-16(19)17-12-20(24)23(15-10-8-14(2)9-11-15)18-13-27-22(25)21(17)18/h4-11,17H,3,12-13H2,1-2H3/t17-/m1/s1. The maximum Gasteiger partial charge on any atom is 0.336 e. The first kappa shape index (κ1) is 17.3. The van der Waals surface area contributed by atoms with Gasteiger partial charge in [0.25, 0.3) is 0 Å². The minimum absolute atomic E-state index is 0.0489. The van der Waals surface area contributed by atoms with Crippen molar-refractivity contribution < 1.29 is 19.1 Å². The van der Waals surface area contributed by atoms with Gasteiger partial charge in [-0.3, -0.25) is 9.69 Å². The smallest absolute Gasteiger partial charge is 0.336 e. The van der Waals surface area contributed by atoms with Crippen LogP contribution in [0.2, 0.25) is 0 Å². The second kappa shape index (κ2) is 6.91. The number of para-hydroxylation sites is 1. The largest absolute Gasteiger partial charge is 0.494 e. The zero-order valence-electron chi connectivity index (χ0n) is 15.4.